The van der Waals surface area contributed by atoms with Gasteiger partial charge in [-0.2, -0.15) is 13.2 Å². The van der Waals surface area contributed by atoms with Crippen molar-refractivity contribution in [2.24, 2.45) is 5.92 Å². The molecule has 4 nitrogen and oxygen atoms in total. The summed E-state index contributed by atoms with van der Waals surface area (Å²) >= 11 is 5.98. The normalized spacial score (nSPS) is 18.8. The first-order valence-electron chi connectivity index (χ1n) is 10.8. The first kappa shape index (κ1) is 24.7. The van der Waals surface area contributed by atoms with Crippen LogP contribution in [0.2, 0.25) is 5.02 Å². The Morgan fingerprint density at radius 2 is 1.91 bits per heavy atom. The third-order valence-corrected chi connectivity index (χ3v) is 6.18. The molecule has 1 aliphatic carbocycles. The highest BCUT2D eigenvalue weighted by Crippen LogP contribution is 2.32. The summed E-state index contributed by atoms with van der Waals surface area (Å²) in [6.07, 6.45) is 4.13. The van der Waals surface area contributed by atoms with Gasteiger partial charge in [0.15, 0.2) is 0 Å². The number of para-hydroxylation sites is 1. The molecular formula is C25H27ClF3N3O. The second-order valence-corrected chi connectivity index (χ2v) is 8.57. The van der Waals surface area contributed by atoms with Crippen LogP contribution in [0, 0.1) is 5.92 Å². The summed E-state index contributed by atoms with van der Waals surface area (Å²) in [6, 6.07) is 8.49. The predicted molar refractivity (Wildman–Crippen MR) is 128 cm³/mol. The van der Waals surface area contributed by atoms with Crippen LogP contribution >= 0.6 is 11.6 Å². The fraction of sp³-hybridized carbons (Fsp3) is 0.320. The summed E-state index contributed by atoms with van der Waals surface area (Å²) < 4.78 is 38.9. The number of anilines is 2. The van der Waals surface area contributed by atoms with Gasteiger partial charge in [-0.3, -0.25) is 4.79 Å². The van der Waals surface area contributed by atoms with Gasteiger partial charge in [-0.15, -0.1) is 0 Å². The van der Waals surface area contributed by atoms with Crippen LogP contribution in [0.1, 0.15) is 47.2 Å². The summed E-state index contributed by atoms with van der Waals surface area (Å²) in [7, 11) is 0. The lowest BCUT2D eigenvalue weighted by Crippen LogP contribution is -2.38. The standard InChI is InChI=1S/C25H27ClF3N3O/c1-2-3-5-17-6-4-7-22(23(17)30)31-15-16-8-11-19(12-9-16)32-24(33)20-14-18(25(27,28)29)10-13-21(20)26/h2-7,10,13-14,16,19,31H,1,8-9,11-12,15,30H2,(H,32,33)/b5-3-. The molecule has 4 N–H and O–H groups in total. The number of nitrogens with two attached hydrogens (primary N) is 1. The molecule has 1 saturated carbocycles. The number of hydrogen-bond acceptors (Lipinski definition) is 3. The van der Waals surface area contributed by atoms with E-state index in [1.807, 2.05) is 30.4 Å². The zero-order valence-corrected chi connectivity index (χ0v) is 18.8. The van der Waals surface area contributed by atoms with E-state index in [0.717, 1.165) is 61.7 Å². The van der Waals surface area contributed by atoms with Crippen molar-refractivity contribution in [1.82, 2.24) is 5.32 Å². The van der Waals surface area contributed by atoms with Gasteiger partial charge in [0.05, 0.1) is 27.5 Å². The Labute approximate surface area is 196 Å². The van der Waals surface area contributed by atoms with Crippen LogP contribution in [0.5, 0.6) is 0 Å². The van der Waals surface area contributed by atoms with Crippen molar-refractivity contribution in [3.05, 3.63) is 76.8 Å². The van der Waals surface area contributed by atoms with E-state index in [0.29, 0.717) is 11.6 Å². The zero-order chi connectivity index (χ0) is 24.0. The molecule has 3 rings (SSSR count). The smallest absolute Gasteiger partial charge is 0.397 e. The number of nitrogen functional groups attached to an aromatic ring is 1. The van der Waals surface area contributed by atoms with E-state index in [1.165, 1.54) is 0 Å². The van der Waals surface area contributed by atoms with Gasteiger partial charge in [0.2, 0.25) is 0 Å². The van der Waals surface area contributed by atoms with Gasteiger partial charge in [-0.25, -0.2) is 0 Å². The van der Waals surface area contributed by atoms with Crippen LogP contribution in [-0.2, 0) is 6.18 Å². The zero-order valence-electron chi connectivity index (χ0n) is 18.1. The fourth-order valence-electron chi connectivity index (χ4n) is 3.96. The first-order chi connectivity index (χ1) is 15.7. The number of hydrogen-bond donors (Lipinski definition) is 3. The van der Waals surface area contributed by atoms with Crippen LogP contribution in [-0.4, -0.2) is 18.5 Å². The Kier molecular flexibility index (Phi) is 8.08. The number of carbonyl (C=O) groups excluding carboxylic acids is 1. The SMILES string of the molecule is C=C/C=C\c1cccc(NCC2CCC(NC(=O)c3cc(C(F)(F)F)ccc3Cl)CC2)c1N. The number of benzene rings is 2. The first-order valence-corrected chi connectivity index (χ1v) is 11.2. The van der Waals surface area contributed by atoms with E-state index in [2.05, 4.69) is 17.2 Å². The van der Waals surface area contributed by atoms with Gasteiger partial charge in [0.25, 0.3) is 5.91 Å². The Bertz CT molecular complexity index is 1030. The highest BCUT2D eigenvalue weighted by molar-refractivity contribution is 6.33. The summed E-state index contributed by atoms with van der Waals surface area (Å²) in [5.74, 6) is -0.174. The van der Waals surface area contributed by atoms with Gasteiger partial charge in [0, 0.05) is 12.6 Å². The van der Waals surface area contributed by atoms with Crippen molar-refractivity contribution in [3.8, 4) is 0 Å². The molecule has 1 amide bonds. The Hall–Kier alpha value is -2.93. The third-order valence-electron chi connectivity index (χ3n) is 5.85. The number of halogens is 4. The maximum absolute atomic E-state index is 13.0. The van der Waals surface area contributed by atoms with E-state index < -0.39 is 17.6 Å². The number of alkyl halides is 3. The highest BCUT2D eigenvalue weighted by Gasteiger charge is 2.32. The molecule has 0 bridgehead atoms. The molecule has 2 aromatic rings. The Morgan fingerprint density at radius 3 is 2.58 bits per heavy atom. The second kappa shape index (κ2) is 10.8. The van der Waals surface area contributed by atoms with Gasteiger partial charge in [-0.05, 0) is 61.4 Å². The number of allylic oxidation sites excluding steroid dienone is 2. The number of nitrogens with one attached hydrogen (secondary N) is 2. The molecule has 0 heterocycles. The van der Waals surface area contributed by atoms with E-state index in [9.17, 15) is 18.0 Å². The van der Waals surface area contributed by atoms with Gasteiger partial charge < -0.3 is 16.4 Å². The molecule has 0 spiro atoms. The molecule has 1 fully saturated rings. The molecule has 1 aliphatic rings. The number of rotatable bonds is 7. The molecule has 0 aromatic heterocycles. The number of amides is 1. The molecule has 0 unspecified atom stereocenters. The summed E-state index contributed by atoms with van der Waals surface area (Å²) in [4.78, 5) is 12.5. The fourth-order valence-corrected chi connectivity index (χ4v) is 4.16. The Balaban J connectivity index is 1.52. The molecule has 2 aromatic carbocycles. The lowest BCUT2D eigenvalue weighted by atomic mass is 9.85. The van der Waals surface area contributed by atoms with Crippen LogP contribution in [0.3, 0.4) is 0 Å². The van der Waals surface area contributed by atoms with Crippen molar-refractivity contribution < 1.29 is 18.0 Å². The average molecular weight is 478 g/mol. The number of carbonyl (C=O) groups is 1. The van der Waals surface area contributed by atoms with Gasteiger partial charge in [0.1, 0.15) is 0 Å². The quantitative estimate of drug-likeness (QED) is 0.313. The lowest BCUT2D eigenvalue weighted by Gasteiger charge is -2.29. The monoisotopic (exact) mass is 477 g/mol. The maximum atomic E-state index is 13.0. The second-order valence-electron chi connectivity index (χ2n) is 8.17. The minimum atomic E-state index is -4.53. The minimum Gasteiger partial charge on any atom is -0.397 e. The lowest BCUT2D eigenvalue weighted by molar-refractivity contribution is -0.137. The van der Waals surface area contributed by atoms with Crippen LogP contribution in [0.15, 0.2) is 55.1 Å². The van der Waals surface area contributed by atoms with Crippen molar-refractivity contribution in [2.45, 2.75) is 37.9 Å². The largest absolute Gasteiger partial charge is 0.416 e. The molecule has 0 radical (unpaired) electrons. The molecule has 176 valence electrons. The van der Waals surface area contributed by atoms with Crippen LogP contribution in [0.4, 0.5) is 24.5 Å². The van der Waals surface area contributed by atoms with E-state index in [-0.39, 0.29) is 16.6 Å². The van der Waals surface area contributed by atoms with Crippen molar-refractivity contribution >= 4 is 35.0 Å². The van der Waals surface area contributed by atoms with Crippen LogP contribution < -0.4 is 16.4 Å². The molecule has 0 atom stereocenters. The summed E-state index contributed by atoms with van der Waals surface area (Å²) in [5.41, 5.74) is 7.66. The summed E-state index contributed by atoms with van der Waals surface area (Å²) in [6.45, 7) is 4.41. The van der Waals surface area contributed by atoms with Crippen molar-refractivity contribution in [3.63, 3.8) is 0 Å². The van der Waals surface area contributed by atoms with Crippen LogP contribution in [0.25, 0.3) is 6.08 Å². The molecule has 0 saturated heterocycles. The van der Waals surface area contributed by atoms with Crippen molar-refractivity contribution in [1.29, 1.82) is 0 Å². The van der Waals surface area contributed by atoms with Crippen molar-refractivity contribution in [2.75, 3.05) is 17.6 Å². The Morgan fingerprint density at radius 1 is 1.18 bits per heavy atom. The molecule has 33 heavy (non-hydrogen) atoms. The predicted octanol–water partition coefficient (Wildman–Crippen LogP) is 6.54. The topological polar surface area (TPSA) is 67.1 Å². The van der Waals surface area contributed by atoms with Gasteiger partial charge >= 0.3 is 6.18 Å². The van der Waals surface area contributed by atoms with Gasteiger partial charge in [-0.1, -0.05) is 48.5 Å². The average Bonchev–Trinajstić information content (AvgIpc) is 2.78. The van der Waals surface area contributed by atoms with E-state index in [4.69, 9.17) is 17.3 Å². The minimum absolute atomic E-state index is 0.00106. The summed E-state index contributed by atoms with van der Waals surface area (Å²) in [5, 5.41) is 6.25. The third kappa shape index (κ3) is 6.54. The van der Waals surface area contributed by atoms with E-state index >= 15 is 0 Å². The molecule has 0 aliphatic heterocycles. The molecular weight excluding hydrogens is 451 g/mol. The highest BCUT2D eigenvalue weighted by atomic mass is 35.5. The van der Waals surface area contributed by atoms with E-state index in [1.54, 1.807) is 6.08 Å². The molecule has 8 heteroatoms. The maximum Gasteiger partial charge on any atom is 0.416 e.